The fourth-order valence-electron chi connectivity index (χ4n) is 2.92. The third-order valence-electron chi connectivity index (χ3n) is 4.20. The van der Waals surface area contributed by atoms with Gasteiger partial charge >= 0.3 is 0 Å². The summed E-state index contributed by atoms with van der Waals surface area (Å²) in [5, 5.41) is 0. The molecule has 1 spiro atoms. The molecule has 90 valence electrons. The van der Waals surface area contributed by atoms with E-state index in [-0.39, 0.29) is 0 Å². The van der Waals surface area contributed by atoms with E-state index in [9.17, 15) is 0 Å². The average molecular weight is 237 g/mol. The van der Waals surface area contributed by atoms with Crippen LogP contribution in [-0.2, 0) is 5.41 Å². The lowest BCUT2D eigenvalue weighted by Gasteiger charge is -2.26. The average Bonchev–Trinajstić information content (AvgIpc) is 3.21. The van der Waals surface area contributed by atoms with Gasteiger partial charge in [0.05, 0.1) is 12.3 Å². The van der Waals surface area contributed by atoms with E-state index in [2.05, 4.69) is 29.2 Å². The highest BCUT2D eigenvalue weighted by Crippen LogP contribution is 2.56. The molecule has 1 saturated carbocycles. The molecule has 0 atom stereocenters. The van der Waals surface area contributed by atoms with Crippen molar-refractivity contribution in [3.05, 3.63) is 48.2 Å². The number of fused-ring (bicyclic) bond motifs is 2. The summed E-state index contributed by atoms with van der Waals surface area (Å²) in [6.45, 7) is 0.871. The summed E-state index contributed by atoms with van der Waals surface area (Å²) in [6, 6.07) is 12.6. The number of rotatable bonds is 1. The smallest absolute Gasteiger partial charge is 0.123 e. The standard InChI is InChI=1S/C16H15NO/c1-2-9-17-14(3-1)12-4-5-15-13(11-12)16(6-7-16)8-10-18-15/h1-5,9,11H,6-8,10H2. The highest BCUT2D eigenvalue weighted by molar-refractivity contribution is 5.64. The van der Waals surface area contributed by atoms with Crippen molar-refractivity contribution in [2.75, 3.05) is 6.61 Å². The third-order valence-corrected chi connectivity index (χ3v) is 4.20. The first kappa shape index (κ1) is 10.1. The molecule has 4 rings (SSSR count). The quantitative estimate of drug-likeness (QED) is 0.756. The van der Waals surface area contributed by atoms with Gasteiger partial charge in [0.15, 0.2) is 0 Å². The minimum atomic E-state index is 0.429. The largest absolute Gasteiger partial charge is 0.493 e. The molecule has 0 unspecified atom stereocenters. The molecule has 2 nitrogen and oxygen atoms in total. The van der Waals surface area contributed by atoms with Crippen LogP contribution in [0.1, 0.15) is 24.8 Å². The molecule has 0 saturated heterocycles. The van der Waals surface area contributed by atoms with Crippen LogP contribution in [0.25, 0.3) is 11.3 Å². The highest BCUT2D eigenvalue weighted by atomic mass is 16.5. The van der Waals surface area contributed by atoms with Gasteiger partial charge in [-0.15, -0.1) is 0 Å². The van der Waals surface area contributed by atoms with Crippen LogP contribution in [0.2, 0.25) is 0 Å². The number of ether oxygens (including phenoxy) is 1. The molecule has 1 aromatic carbocycles. The third kappa shape index (κ3) is 1.45. The second kappa shape index (κ2) is 3.58. The van der Waals surface area contributed by atoms with Crippen LogP contribution in [0.5, 0.6) is 5.75 Å². The Balaban J connectivity index is 1.84. The van der Waals surface area contributed by atoms with E-state index < -0.39 is 0 Å². The molecular formula is C16H15NO. The first-order chi connectivity index (χ1) is 8.87. The summed E-state index contributed by atoms with van der Waals surface area (Å²) in [7, 11) is 0. The van der Waals surface area contributed by atoms with Gasteiger partial charge in [0.25, 0.3) is 0 Å². The second-order valence-corrected chi connectivity index (χ2v) is 5.30. The molecule has 1 aliphatic heterocycles. The molecule has 1 aromatic heterocycles. The molecule has 0 radical (unpaired) electrons. The summed E-state index contributed by atoms with van der Waals surface area (Å²) in [6.07, 6.45) is 5.65. The van der Waals surface area contributed by atoms with Gasteiger partial charge < -0.3 is 4.74 Å². The lowest BCUT2D eigenvalue weighted by atomic mass is 9.88. The molecule has 1 aliphatic carbocycles. The number of nitrogens with zero attached hydrogens (tertiary/aromatic N) is 1. The predicted molar refractivity (Wildman–Crippen MR) is 70.7 cm³/mol. The molecule has 2 heteroatoms. The van der Waals surface area contributed by atoms with E-state index in [1.165, 1.54) is 30.4 Å². The van der Waals surface area contributed by atoms with Crippen LogP contribution in [0, 0.1) is 0 Å². The molecule has 1 fully saturated rings. The summed E-state index contributed by atoms with van der Waals surface area (Å²) in [5.74, 6) is 1.08. The number of aromatic nitrogens is 1. The summed E-state index contributed by atoms with van der Waals surface area (Å²) in [5.41, 5.74) is 4.07. The van der Waals surface area contributed by atoms with E-state index in [4.69, 9.17) is 4.74 Å². The zero-order valence-electron chi connectivity index (χ0n) is 10.2. The second-order valence-electron chi connectivity index (χ2n) is 5.30. The maximum absolute atomic E-state index is 5.77. The Morgan fingerprint density at radius 3 is 2.78 bits per heavy atom. The summed E-state index contributed by atoms with van der Waals surface area (Å²) in [4.78, 5) is 4.43. The van der Waals surface area contributed by atoms with Crippen LogP contribution < -0.4 is 4.74 Å². The Bertz CT molecular complexity index is 587. The topological polar surface area (TPSA) is 22.1 Å². The fourth-order valence-corrected chi connectivity index (χ4v) is 2.92. The Morgan fingerprint density at radius 2 is 2.00 bits per heavy atom. The molecule has 2 heterocycles. The van der Waals surface area contributed by atoms with E-state index in [0.29, 0.717) is 5.41 Å². The summed E-state index contributed by atoms with van der Waals surface area (Å²) >= 11 is 0. The van der Waals surface area contributed by atoms with Gasteiger partial charge in [0.2, 0.25) is 0 Å². The van der Waals surface area contributed by atoms with E-state index in [0.717, 1.165) is 18.1 Å². The van der Waals surface area contributed by atoms with E-state index >= 15 is 0 Å². The van der Waals surface area contributed by atoms with Crippen molar-refractivity contribution in [3.8, 4) is 17.0 Å². The van der Waals surface area contributed by atoms with E-state index in [1.807, 2.05) is 18.3 Å². The molecule has 0 N–H and O–H groups in total. The Labute approximate surface area is 107 Å². The van der Waals surface area contributed by atoms with Gasteiger partial charge in [-0.25, -0.2) is 0 Å². The van der Waals surface area contributed by atoms with Gasteiger partial charge in [-0.1, -0.05) is 6.07 Å². The lowest BCUT2D eigenvalue weighted by molar-refractivity contribution is 0.260. The van der Waals surface area contributed by atoms with Crippen molar-refractivity contribution >= 4 is 0 Å². The number of pyridine rings is 1. The van der Waals surface area contributed by atoms with E-state index in [1.54, 1.807) is 0 Å². The number of hydrogen-bond donors (Lipinski definition) is 0. The Hall–Kier alpha value is -1.83. The zero-order valence-corrected chi connectivity index (χ0v) is 10.2. The van der Waals surface area contributed by atoms with Gasteiger partial charge in [-0.3, -0.25) is 4.98 Å². The van der Waals surface area contributed by atoms with Crippen molar-refractivity contribution < 1.29 is 4.74 Å². The van der Waals surface area contributed by atoms with Crippen LogP contribution in [0.3, 0.4) is 0 Å². The molecule has 18 heavy (non-hydrogen) atoms. The zero-order chi connectivity index (χ0) is 12.0. The van der Waals surface area contributed by atoms with Crippen LogP contribution in [-0.4, -0.2) is 11.6 Å². The minimum absolute atomic E-state index is 0.429. The first-order valence-corrected chi connectivity index (χ1v) is 6.56. The van der Waals surface area contributed by atoms with Crippen molar-refractivity contribution in [1.82, 2.24) is 4.98 Å². The van der Waals surface area contributed by atoms with Gasteiger partial charge in [0.1, 0.15) is 5.75 Å². The van der Waals surface area contributed by atoms with Crippen molar-refractivity contribution in [3.63, 3.8) is 0 Å². The van der Waals surface area contributed by atoms with Crippen molar-refractivity contribution in [2.45, 2.75) is 24.7 Å². The molecule has 2 aromatic rings. The number of benzene rings is 1. The first-order valence-electron chi connectivity index (χ1n) is 6.56. The SMILES string of the molecule is c1ccc(-c2ccc3c(c2)C2(CCO3)CC2)nc1. The molecule has 2 aliphatic rings. The lowest BCUT2D eigenvalue weighted by Crippen LogP contribution is -2.19. The van der Waals surface area contributed by atoms with Gasteiger partial charge in [-0.05, 0) is 49.6 Å². The maximum Gasteiger partial charge on any atom is 0.123 e. The fraction of sp³-hybridized carbons (Fsp3) is 0.312. The highest BCUT2D eigenvalue weighted by Gasteiger charge is 2.47. The Kier molecular flexibility index (Phi) is 2.01. The van der Waals surface area contributed by atoms with Crippen LogP contribution >= 0.6 is 0 Å². The van der Waals surface area contributed by atoms with Gasteiger partial charge in [0, 0.05) is 22.7 Å². The minimum Gasteiger partial charge on any atom is -0.493 e. The predicted octanol–water partition coefficient (Wildman–Crippen LogP) is 3.56. The van der Waals surface area contributed by atoms with Crippen molar-refractivity contribution in [1.29, 1.82) is 0 Å². The number of hydrogen-bond acceptors (Lipinski definition) is 2. The normalized spacial score (nSPS) is 19.1. The summed E-state index contributed by atoms with van der Waals surface area (Å²) < 4.78 is 5.77. The molecule has 0 amide bonds. The monoisotopic (exact) mass is 237 g/mol. The van der Waals surface area contributed by atoms with Crippen LogP contribution in [0.15, 0.2) is 42.6 Å². The Morgan fingerprint density at radius 1 is 1.06 bits per heavy atom. The maximum atomic E-state index is 5.77. The van der Waals surface area contributed by atoms with Crippen molar-refractivity contribution in [2.24, 2.45) is 0 Å². The molecular weight excluding hydrogens is 222 g/mol. The molecule has 0 bridgehead atoms. The van der Waals surface area contributed by atoms with Gasteiger partial charge in [-0.2, -0.15) is 0 Å². The van der Waals surface area contributed by atoms with Crippen LogP contribution in [0.4, 0.5) is 0 Å².